The zero-order chi connectivity index (χ0) is 11.6. The quantitative estimate of drug-likeness (QED) is 0.861. The molecule has 16 heavy (non-hydrogen) atoms. The molecule has 0 radical (unpaired) electrons. The molecule has 0 saturated carbocycles. The van der Waals surface area contributed by atoms with E-state index in [2.05, 4.69) is 23.5 Å². The van der Waals surface area contributed by atoms with Crippen LogP contribution in [0.25, 0.3) is 0 Å². The van der Waals surface area contributed by atoms with Gasteiger partial charge in [-0.1, -0.05) is 24.3 Å². The highest BCUT2D eigenvalue weighted by molar-refractivity contribution is 7.90. The van der Waals surface area contributed by atoms with E-state index in [1.165, 1.54) is 17.4 Å². The number of benzene rings is 1. The lowest BCUT2D eigenvalue weighted by atomic mass is 10.1. The molecule has 1 N–H and O–H groups in total. The van der Waals surface area contributed by atoms with Crippen LogP contribution >= 0.6 is 0 Å². The average molecular weight is 239 g/mol. The van der Waals surface area contributed by atoms with E-state index in [1.807, 2.05) is 6.07 Å². The van der Waals surface area contributed by atoms with Gasteiger partial charge in [-0.3, -0.25) is 0 Å². The molecular weight excluding hydrogens is 222 g/mol. The fourth-order valence-corrected chi connectivity index (χ4v) is 2.68. The van der Waals surface area contributed by atoms with Crippen LogP contribution in [-0.2, 0) is 16.3 Å². The molecule has 0 fully saturated rings. The van der Waals surface area contributed by atoms with Crippen LogP contribution in [0.2, 0.25) is 0 Å². The van der Waals surface area contributed by atoms with Gasteiger partial charge in [0.25, 0.3) is 0 Å². The Morgan fingerprint density at radius 1 is 1.38 bits per heavy atom. The highest BCUT2D eigenvalue weighted by atomic mass is 32.2. The van der Waals surface area contributed by atoms with Crippen molar-refractivity contribution in [3.05, 3.63) is 35.4 Å². The lowest BCUT2D eigenvalue weighted by molar-refractivity contribution is 0.542. The van der Waals surface area contributed by atoms with Crippen molar-refractivity contribution in [1.82, 2.24) is 5.32 Å². The van der Waals surface area contributed by atoms with Gasteiger partial charge in [0.15, 0.2) is 0 Å². The summed E-state index contributed by atoms with van der Waals surface area (Å²) >= 11 is 0. The van der Waals surface area contributed by atoms with Crippen molar-refractivity contribution in [2.45, 2.75) is 18.9 Å². The Kier molecular flexibility index (Phi) is 3.30. The van der Waals surface area contributed by atoms with Gasteiger partial charge in [-0.2, -0.15) is 0 Å². The summed E-state index contributed by atoms with van der Waals surface area (Å²) in [6.07, 6.45) is 3.44. The molecule has 0 aromatic heterocycles. The monoisotopic (exact) mass is 239 g/mol. The van der Waals surface area contributed by atoms with Crippen molar-refractivity contribution in [2.75, 3.05) is 18.6 Å². The number of fused-ring (bicyclic) bond motifs is 1. The molecule has 3 nitrogen and oxygen atoms in total. The van der Waals surface area contributed by atoms with Gasteiger partial charge in [-0.15, -0.1) is 0 Å². The first-order chi connectivity index (χ1) is 7.56. The highest BCUT2D eigenvalue weighted by Gasteiger charge is 2.21. The third-order valence-corrected chi connectivity index (χ3v) is 3.94. The van der Waals surface area contributed by atoms with E-state index < -0.39 is 9.84 Å². The molecule has 0 amide bonds. The second kappa shape index (κ2) is 4.55. The number of hydrogen-bond acceptors (Lipinski definition) is 3. The predicted octanol–water partition coefficient (Wildman–Crippen LogP) is 1.31. The first-order valence-corrected chi connectivity index (χ1v) is 7.61. The fraction of sp³-hybridized carbons (Fsp3) is 0.500. The first-order valence-electron chi connectivity index (χ1n) is 5.55. The van der Waals surface area contributed by atoms with E-state index in [0.29, 0.717) is 12.6 Å². The lowest BCUT2D eigenvalue weighted by Gasteiger charge is -2.13. The summed E-state index contributed by atoms with van der Waals surface area (Å²) in [5.41, 5.74) is 2.72. The van der Waals surface area contributed by atoms with Crippen LogP contribution in [0.4, 0.5) is 0 Å². The van der Waals surface area contributed by atoms with E-state index in [1.54, 1.807) is 0 Å². The van der Waals surface area contributed by atoms with Crippen molar-refractivity contribution in [2.24, 2.45) is 0 Å². The van der Waals surface area contributed by atoms with Gasteiger partial charge in [-0.25, -0.2) is 8.42 Å². The van der Waals surface area contributed by atoms with Gasteiger partial charge in [-0.05, 0) is 24.0 Å². The van der Waals surface area contributed by atoms with Crippen LogP contribution in [0.3, 0.4) is 0 Å². The minimum absolute atomic E-state index is 0.214. The minimum Gasteiger partial charge on any atom is -0.309 e. The van der Waals surface area contributed by atoms with Crippen LogP contribution in [0.1, 0.15) is 23.6 Å². The maximum absolute atomic E-state index is 11.0. The number of sulfone groups is 1. The normalized spacial score (nSPS) is 19.7. The third kappa shape index (κ3) is 2.83. The molecule has 0 aliphatic heterocycles. The molecular formula is C12H17NO2S. The zero-order valence-corrected chi connectivity index (χ0v) is 10.3. The number of hydrogen-bond donors (Lipinski definition) is 1. The summed E-state index contributed by atoms with van der Waals surface area (Å²) in [7, 11) is -2.86. The Morgan fingerprint density at radius 3 is 2.88 bits per heavy atom. The van der Waals surface area contributed by atoms with Crippen LogP contribution in [-0.4, -0.2) is 27.0 Å². The summed E-state index contributed by atoms with van der Waals surface area (Å²) in [6.45, 7) is 0.540. The molecule has 1 aliphatic carbocycles. The van der Waals surface area contributed by atoms with Crippen molar-refractivity contribution in [3.8, 4) is 0 Å². The molecule has 0 bridgehead atoms. The summed E-state index contributed by atoms with van der Waals surface area (Å²) in [5, 5.41) is 3.32. The van der Waals surface area contributed by atoms with Crippen LogP contribution < -0.4 is 5.32 Å². The number of aryl methyl sites for hydroxylation is 1. The first kappa shape index (κ1) is 11.6. The van der Waals surface area contributed by atoms with Crippen molar-refractivity contribution in [3.63, 3.8) is 0 Å². The molecule has 1 aliphatic rings. The van der Waals surface area contributed by atoms with E-state index in [4.69, 9.17) is 0 Å². The second-order valence-electron chi connectivity index (χ2n) is 4.37. The summed E-state index contributed by atoms with van der Waals surface area (Å²) in [5.74, 6) is 0.214. The van der Waals surface area contributed by atoms with Crippen molar-refractivity contribution >= 4 is 9.84 Å². The Bertz CT molecular complexity index is 468. The molecule has 1 aromatic carbocycles. The predicted molar refractivity (Wildman–Crippen MR) is 65.2 cm³/mol. The lowest BCUT2D eigenvalue weighted by Crippen LogP contribution is -2.25. The molecule has 88 valence electrons. The van der Waals surface area contributed by atoms with Crippen LogP contribution in [0.5, 0.6) is 0 Å². The molecule has 1 aromatic rings. The van der Waals surface area contributed by atoms with Gasteiger partial charge in [0.05, 0.1) is 5.75 Å². The topological polar surface area (TPSA) is 46.2 Å². The summed E-state index contributed by atoms with van der Waals surface area (Å²) in [6, 6.07) is 8.69. The zero-order valence-electron chi connectivity index (χ0n) is 9.44. The van der Waals surface area contributed by atoms with E-state index >= 15 is 0 Å². The van der Waals surface area contributed by atoms with E-state index in [0.717, 1.165) is 12.8 Å². The van der Waals surface area contributed by atoms with Crippen molar-refractivity contribution in [1.29, 1.82) is 0 Å². The Hall–Kier alpha value is -0.870. The standard InChI is InChI=1S/C12H17NO2S/c1-16(14,15)9-8-13-12-7-6-10-4-2-3-5-11(10)12/h2-5,12-13H,6-9H2,1H3. The summed E-state index contributed by atoms with van der Waals surface area (Å²) < 4.78 is 22.0. The molecule has 0 spiro atoms. The van der Waals surface area contributed by atoms with Crippen LogP contribution in [0, 0.1) is 0 Å². The Morgan fingerprint density at radius 2 is 2.12 bits per heavy atom. The van der Waals surface area contributed by atoms with E-state index in [-0.39, 0.29) is 5.75 Å². The molecule has 0 heterocycles. The van der Waals surface area contributed by atoms with Crippen molar-refractivity contribution < 1.29 is 8.42 Å². The largest absolute Gasteiger partial charge is 0.309 e. The van der Waals surface area contributed by atoms with E-state index in [9.17, 15) is 8.42 Å². The highest BCUT2D eigenvalue weighted by Crippen LogP contribution is 2.30. The molecule has 1 atom stereocenters. The van der Waals surface area contributed by atoms with Gasteiger partial charge in [0.1, 0.15) is 9.84 Å². The molecule has 2 rings (SSSR count). The van der Waals surface area contributed by atoms with Crippen LogP contribution in [0.15, 0.2) is 24.3 Å². The SMILES string of the molecule is CS(=O)(=O)CCNC1CCc2ccccc21. The summed E-state index contributed by atoms with van der Waals surface area (Å²) in [4.78, 5) is 0. The maximum atomic E-state index is 11.0. The van der Waals surface area contributed by atoms with Gasteiger partial charge >= 0.3 is 0 Å². The Labute approximate surface area is 96.8 Å². The molecule has 4 heteroatoms. The third-order valence-electron chi connectivity index (χ3n) is 3.00. The van der Waals surface area contributed by atoms with Gasteiger partial charge < -0.3 is 5.32 Å². The maximum Gasteiger partial charge on any atom is 0.148 e. The minimum atomic E-state index is -2.86. The van der Waals surface area contributed by atoms with Gasteiger partial charge in [0.2, 0.25) is 0 Å². The number of nitrogens with one attached hydrogen (secondary N) is 1. The molecule has 1 unspecified atom stereocenters. The smallest absolute Gasteiger partial charge is 0.148 e. The van der Waals surface area contributed by atoms with Gasteiger partial charge in [0, 0.05) is 18.8 Å². The fourth-order valence-electron chi connectivity index (χ4n) is 2.19. The Balaban J connectivity index is 1.94. The number of rotatable bonds is 4. The average Bonchev–Trinajstić information content (AvgIpc) is 2.60. The second-order valence-corrected chi connectivity index (χ2v) is 6.63. The molecule has 0 saturated heterocycles.